The number of thiophene rings is 1. The summed E-state index contributed by atoms with van der Waals surface area (Å²) in [7, 11) is -3.39. The van der Waals surface area contributed by atoms with Gasteiger partial charge in [0.05, 0.1) is 17.9 Å². The summed E-state index contributed by atoms with van der Waals surface area (Å²) < 4.78 is 31.6. The first-order chi connectivity index (χ1) is 9.34. The molecule has 0 unspecified atom stereocenters. The Hall–Kier alpha value is -1.08. The Morgan fingerprint density at radius 2 is 2.05 bits per heavy atom. The number of carbonyl (C=O) groups is 1. The second kappa shape index (κ2) is 5.73. The molecule has 0 bridgehead atoms. The first-order valence-corrected chi connectivity index (χ1v) is 9.08. The van der Waals surface area contributed by atoms with Crippen LogP contribution < -0.4 is 4.72 Å². The van der Waals surface area contributed by atoms with Crippen LogP contribution in [-0.2, 0) is 14.8 Å². The van der Waals surface area contributed by atoms with Crippen molar-refractivity contribution in [1.82, 2.24) is 0 Å². The van der Waals surface area contributed by atoms with Gasteiger partial charge >= 0.3 is 5.97 Å². The zero-order valence-corrected chi connectivity index (χ0v) is 13.5. The Balaban J connectivity index is 2.26. The molecule has 20 heavy (non-hydrogen) atoms. The molecule has 1 N–H and O–H groups in total. The molecular weight excluding hydrogens is 298 g/mol. The fourth-order valence-corrected chi connectivity index (χ4v) is 4.79. The van der Waals surface area contributed by atoms with E-state index in [1.54, 1.807) is 13.8 Å². The third kappa shape index (κ3) is 3.52. The highest BCUT2D eigenvalue weighted by atomic mass is 32.2. The molecule has 0 radical (unpaired) electrons. The van der Waals surface area contributed by atoms with E-state index in [1.165, 1.54) is 11.3 Å². The largest absolute Gasteiger partial charge is 0.462 e. The zero-order valence-electron chi connectivity index (χ0n) is 11.9. The molecule has 7 heteroatoms. The van der Waals surface area contributed by atoms with Gasteiger partial charge in [-0.05, 0) is 45.1 Å². The number of hydrogen-bond acceptors (Lipinski definition) is 5. The molecule has 0 atom stereocenters. The minimum Gasteiger partial charge on any atom is -0.462 e. The van der Waals surface area contributed by atoms with E-state index in [-0.39, 0.29) is 18.3 Å². The summed E-state index contributed by atoms with van der Waals surface area (Å²) in [6.45, 7) is 5.66. The van der Waals surface area contributed by atoms with Crippen molar-refractivity contribution in [1.29, 1.82) is 0 Å². The number of nitrogens with one attached hydrogen (secondary N) is 1. The first-order valence-electron chi connectivity index (χ1n) is 6.61. The van der Waals surface area contributed by atoms with Crippen LogP contribution in [0.4, 0.5) is 5.00 Å². The molecule has 1 fully saturated rings. The van der Waals surface area contributed by atoms with Crippen LogP contribution in [0.2, 0.25) is 0 Å². The lowest BCUT2D eigenvalue weighted by atomic mass is 10.2. The molecule has 0 aromatic carbocycles. The third-order valence-electron chi connectivity index (χ3n) is 3.27. The van der Waals surface area contributed by atoms with Crippen LogP contribution in [0.3, 0.4) is 0 Å². The van der Waals surface area contributed by atoms with Gasteiger partial charge < -0.3 is 4.74 Å². The molecule has 2 rings (SSSR count). The van der Waals surface area contributed by atoms with Crippen molar-refractivity contribution < 1.29 is 17.9 Å². The predicted octanol–water partition coefficient (Wildman–Crippen LogP) is 2.69. The molecule has 0 spiro atoms. The average Bonchev–Trinajstić information content (AvgIpc) is 3.06. The number of sulfonamides is 1. The average molecular weight is 317 g/mol. The number of ether oxygens (including phenoxy) is 1. The lowest BCUT2D eigenvalue weighted by Crippen LogP contribution is -2.19. The van der Waals surface area contributed by atoms with Gasteiger partial charge in [-0.15, -0.1) is 11.3 Å². The van der Waals surface area contributed by atoms with Crippen molar-refractivity contribution in [3.05, 3.63) is 16.0 Å². The molecular formula is C13H19NO4S2. The van der Waals surface area contributed by atoms with Crippen LogP contribution in [-0.4, -0.2) is 26.7 Å². The number of anilines is 1. The van der Waals surface area contributed by atoms with E-state index in [0.29, 0.717) is 10.6 Å². The van der Waals surface area contributed by atoms with Crippen molar-refractivity contribution in [2.45, 2.75) is 33.6 Å². The smallest absolute Gasteiger partial charge is 0.341 e. The zero-order chi connectivity index (χ0) is 14.9. The summed E-state index contributed by atoms with van der Waals surface area (Å²) in [5, 5.41) is 0.374. The molecule has 5 nitrogen and oxygen atoms in total. The molecule has 0 aliphatic heterocycles. The highest BCUT2D eigenvalue weighted by Crippen LogP contribution is 2.35. The number of aryl methyl sites for hydroxylation is 1. The maximum absolute atomic E-state index is 12.0. The topological polar surface area (TPSA) is 72.5 Å². The van der Waals surface area contributed by atoms with Gasteiger partial charge in [-0.25, -0.2) is 13.2 Å². The quantitative estimate of drug-likeness (QED) is 0.819. The van der Waals surface area contributed by atoms with Crippen LogP contribution in [0.15, 0.2) is 0 Å². The van der Waals surface area contributed by atoms with E-state index >= 15 is 0 Å². The van der Waals surface area contributed by atoms with Gasteiger partial charge in [-0.3, -0.25) is 4.72 Å². The molecule has 1 saturated carbocycles. The standard InChI is InChI=1S/C13H19NO4S2/c1-4-18-13(15)11-8(2)9(3)19-12(11)14-20(16,17)7-10-5-6-10/h10,14H,4-7H2,1-3H3. The number of carbonyl (C=O) groups excluding carboxylic acids is 1. The van der Waals surface area contributed by atoms with Crippen LogP contribution in [0.1, 0.15) is 40.6 Å². The van der Waals surface area contributed by atoms with Gasteiger partial charge in [0.1, 0.15) is 5.00 Å². The summed E-state index contributed by atoms with van der Waals surface area (Å²) in [5.41, 5.74) is 1.12. The van der Waals surface area contributed by atoms with Crippen molar-refractivity contribution in [2.24, 2.45) is 5.92 Å². The minimum atomic E-state index is -3.39. The monoisotopic (exact) mass is 317 g/mol. The lowest BCUT2D eigenvalue weighted by molar-refractivity contribution is 0.0527. The fraction of sp³-hybridized carbons (Fsp3) is 0.615. The third-order valence-corrected chi connectivity index (χ3v) is 5.94. The van der Waals surface area contributed by atoms with Crippen molar-refractivity contribution >= 4 is 32.3 Å². The molecule has 1 heterocycles. The normalized spacial score (nSPS) is 15.2. The summed E-state index contributed by atoms with van der Waals surface area (Å²) in [5.74, 6) is -0.0789. The van der Waals surface area contributed by atoms with Gasteiger partial charge in [-0.2, -0.15) is 0 Å². The van der Waals surface area contributed by atoms with Crippen molar-refractivity contribution in [2.75, 3.05) is 17.1 Å². The summed E-state index contributed by atoms with van der Waals surface area (Å²) >= 11 is 1.28. The second-order valence-electron chi connectivity index (χ2n) is 5.03. The Kier molecular flexibility index (Phi) is 4.39. The molecule has 0 amide bonds. The van der Waals surface area contributed by atoms with Crippen LogP contribution >= 0.6 is 11.3 Å². The Bertz CT molecular complexity index is 615. The van der Waals surface area contributed by atoms with E-state index in [1.807, 2.05) is 6.92 Å². The Morgan fingerprint density at radius 3 is 2.60 bits per heavy atom. The first kappa shape index (κ1) is 15.3. The van der Waals surface area contributed by atoms with Gasteiger partial charge in [-0.1, -0.05) is 0 Å². The number of esters is 1. The fourth-order valence-electron chi connectivity index (χ4n) is 1.93. The predicted molar refractivity (Wildman–Crippen MR) is 79.9 cm³/mol. The molecule has 112 valence electrons. The number of hydrogen-bond donors (Lipinski definition) is 1. The highest BCUT2D eigenvalue weighted by Gasteiger charge is 2.30. The summed E-state index contributed by atoms with van der Waals surface area (Å²) in [4.78, 5) is 12.9. The lowest BCUT2D eigenvalue weighted by Gasteiger charge is -2.08. The molecule has 1 aliphatic carbocycles. The van der Waals surface area contributed by atoms with E-state index in [0.717, 1.165) is 23.3 Å². The molecule has 0 saturated heterocycles. The van der Waals surface area contributed by atoms with Crippen molar-refractivity contribution in [3.8, 4) is 0 Å². The molecule has 1 aliphatic rings. The van der Waals surface area contributed by atoms with E-state index in [4.69, 9.17) is 4.74 Å². The Labute approximate surface area is 123 Å². The Morgan fingerprint density at radius 1 is 1.40 bits per heavy atom. The van der Waals surface area contributed by atoms with Gasteiger partial charge in [0.25, 0.3) is 0 Å². The van der Waals surface area contributed by atoms with Crippen LogP contribution in [0, 0.1) is 19.8 Å². The van der Waals surface area contributed by atoms with Gasteiger partial charge in [0.2, 0.25) is 10.0 Å². The highest BCUT2D eigenvalue weighted by molar-refractivity contribution is 7.92. The van der Waals surface area contributed by atoms with Crippen LogP contribution in [0.5, 0.6) is 0 Å². The maximum Gasteiger partial charge on any atom is 0.341 e. The van der Waals surface area contributed by atoms with Crippen LogP contribution in [0.25, 0.3) is 0 Å². The minimum absolute atomic E-state index is 0.130. The van der Waals surface area contributed by atoms with Gasteiger partial charge in [0, 0.05) is 4.88 Å². The van der Waals surface area contributed by atoms with Crippen molar-refractivity contribution in [3.63, 3.8) is 0 Å². The maximum atomic E-state index is 12.0. The van der Waals surface area contributed by atoms with E-state index < -0.39 is 16.0 Å². The summed E-state index contributed by atoms with van der Waals surface area (Å²) in [6.07, 6.45) is 1.93. The van der Waals surface area contributed by atoms with Gasteiger partial charge in [0.15, 0.2) is 0 Å². The number of rotatable bonds is 6. The SMILES string of the molecule is CCOC(=O)c1c(NS(=O)(=O)CC2CC2)sc(C)c1C. The summed E-state index contributed by atoms with van der Waals surface area (Å²) in [6, 6.07) is 0. The molecule has 1 aromatic heterocycles. The van der Waals surface area contributed by atoms with E-state index in [2.05, 4.69) is 4.72 Å². The molecule has 1 aromatic rings. The second-order valence-corrected chi connectivity index (χ2v) is 8.03. The van der Waals surface area contributed by atoms with E-state index in [9.17, 15) is 13.2 Å².